The zero-order valence-corrected chi connectivity index (χ0v) is 16.8. The van der Waals surface area contributed by atoms with Crippen LogP contribution in [0.15, 0.2) is 58.1 Å². The van der Waals surface area contributed by atoms with Gasteiger partial charge in [0.2, 0.25) is 0 Å². The summed E-state index contributed by atoms with van der Waals surface area (Å²) in [5, 5.41) is 0.545. The Balaban J connectivity index is 1.24. The summed E-state index contributed by atoms with van der Waals surface area (Å²) in [6.45, 7) is 3.17. The van der Waals surface area contributed by atoms with Crippen molar-refractivity contribution >= 4 is 16.6 Å². The van der Waals surface area contributed by atoms with E-state index in [4.69, 9.17) is 0 Å². The summed E-state index contributed by atoms with van der Waals surface area (Å²) >= 11 is 0. The normalized spacial score (nSPS) is 21.4. The van der Waals surface area contributed by atoms with E-state index < -0.39 is 0 Å². The van der Waals surface area contributed by atoms with Crippen LogP contribution in [0.1, 0.15) is 19.3 Å². The van der Waals surface area contributed by atoms with Crippen molar-refractivity contribution < 1.29 is 4.39 Å². The molecule has 1 aromatic heterocycles. The molecule has 0 saturated carbocycles. The molecule has 2 atom stereocenters. The van der Waals surface area contributed by atoms with Gasteiger partial charge >= 0.3 is 5.69 Å². The molecule has 3 saturated heterocycles. The Morgan fingerprint density at radius 1 is 0.933 bits per heavy atom. The number of hydrogen-bond acceptors (Lipinski definition) is 4. The number of anilines is 1. The molecule has 4 heterocycles. The SMILES string of the molecule is O=c1[nH]c2ccccc2c(=O)n1CCCN1CC2CCC1CN2c1ccc(F)cc1. The smallest absolute Gasteiger partial charge is 0.328 e. The Kier molecular flexibility index (Phi) is 4.90. The number of aromatic nitrogens is 2. The van der Waals surface area contributed by atoms with Crippen molar-refractivity contribution in [1.82, 2.24) is 14.5 Å². The molecule has 2 aromatic carbocycles. The van der Waals surface area contributed by atoms with Crippen molar-refractivity contribution in [3.63, 3.8) is 0 Å². The van der Waals surface area contributed by atoms with Gasteiger partial charge in [0.05, 0.1) is 10.9 Å². The first-order valence-electron chi connectivity index (χ1n) is 10.6. The first kappa shape index (κ1) is 19.1. The number of para-hydroxylation sites is 1. The molecule has 0 radical (unpaired) electrons. The molecule has 3 fully saturated rings. The van der Waals surface area contributed by atoms with Crippen LogP contribution >= 0.6 is 0 Å². The molecule has 0 aliphatic carbocycles. The van der Waals surface area contributed by atoms with E-state index in [9.17, 15) is 14.0 Å². The lowest BCUT2D eigenvalue weighted by Crippen LogP contribution is -2.63. The topological polar surface area (TPSA) is 61.3 Å². The van der Waals surface area contributed by atoms with Gasteiger partial charge in [0, 0.05) is 44.0 Å². The number of fused-ring (bicyclic) bond motifs is 4. The highest BCUT2D eigenvalue weighted by Gasteiger charge is 2.38. The molecule has 2 unspecified atom stereocenters. The molecule has 3 aromatic rings. The summed E-state index contributed by atoms with van der Waals surface area (Å²) in [5.74, 6) is -0.207. The number of benzene rings is 2. The Morgan fingerprint density at radius 3 is 2.47 bits per heavy atom. The van der Waals surface area contributed by atoms with Crippen molar-refractivity contribution in [2.75, 3.05) is 24.5 Å². The highest BCUT2D eigenvalue weighted by molar-refractivity contribution is 5.76. The minimum Gasteiger partial charge on any atom is -0.366 e. The summed E-state index contributed by atoms with van der Waals surface area (Å²) in [7, 11) is 0. The van der Waals surface area contributed by atoms with Gasteiger partial charge in [0.25, 0.3) is 5.56 Å². The van der Waals surface area contributed by atoms with Crippen LogP contribution in [0.2, 0.25) is 0 Å². The van der Waals surface area contributed by atoms with Gasteiger partial charge in [-0.15, -0.1) is 0 Å². The lowest BCUT2D eigenvalue weighted by atomic mass is 9.90. The quantitative estimate of drug-likeness (QED) is 0.705. The molecule has 2 bridgehead atoms. The largest absolute Gasteiger partial charge is 0.366 e. The minimum absolute atomic E-state index is 0.207. The molecule has 6 rings (SSSR count). The van der Waals surface area contributed by atoms with E-state index in [0.717, 1.165) is 44.6 Å². The van der Waals surface area contributed by atoms with Gasteiger partial charge in [0.1, 0.15) is 5.82 Å². The highest BCUT2D eigenvalue weighted by atomic mass is 19.1. The van der Waals surface area contributed by atoms with Crippen molar-refractivity contribution in [3.8, 4) is 0 Å². The van der Waals surface area contributed by atoms with Gasteiger partial charge < -0.3 is 9.88 Å². The fraction of sp³-hybridized carbons (Fsp3) is 0.391. The average molecular weight is 408 g/mol. The van der Waals surface area contributed by atoms with Gasteiger partial charge in [-0.05, 0) is 55.7 Å². The molecule has 3 aliphatic rings. The maximum Gasteiger partial charge on any atom is 0.328 e. The fourth-order valence-electron chi connectivity index (χ4n) is 4.97. The summed E-state index contributed by atoms with van der Waals surface area (Å²) in [4.78, 5) is 32.7. The second kappa shape index (κ2) is 7.72. The molecule has 30 heavy (non-hydrogen) atoms. The van der Waals surface area contributed by atoms with Crippen molar-refractivity contribution in [3.05, 3.63) is 75.2 Å². The predicted octanol–water partition coefficient (Wildman–Crippen LogP) is 2.57. The van der Waals surface area contributed by atoms with Crippen LogP contribution in [0, 0.1) is 5.82 Å². The Morgan fingerprint density at radius 2 is 1.70 bits per heavy atom. The van der Waals surface area contributed by atoms with Crippen LogP contribution in [0.3, 0.4) is 0 Å². The van der Waals surface area contributed by atoms with Gasteiger partial charge in [-0.2, -0.15) is 0 Å². The van der Waals surface area contributed by atoms with Gasteiger partial charge in [-0.3, -0.25) is 14.3 Å². The zero-order chi connectivity index (χ0) is 20.7. The minimum atomic E-state index is -0.346. The molecule has 1 N–H and O–H groups in total. The molecule has 156 valence electrons. The Labute approximate surface area is 173 Å². The predicted molar refractivity (Wildman–Crippen MR) is 116 cm³/mol. The number of nitrogens with one attached hydrogen (secondary N) is 1. The number of halogens is 1. The average Bonchev–Trinajstić information content (AvgIpc) is 2.77. The molecule has 6 nitrogen and oxygen atoms in total. The second-order valence-corrected chi connectivity index (χ2v) is 8.29. The van der Waals surface area contributed by atoms with Crippen LogP contribution in [0.5, 0.6) is 0 Å². The van der Waals surface area contributed by atoms with Gasteiger partial charge in [-0.1, -0.05) is 12.1 Å². The number of aromatic amines is 1. The maximum absolute atomic E-state index is 13.3. The first-order chi connectivity index (χ1) is 14.6. The third kappa shape index (κ3) is 3.43. The van der Waals surface area contributed by atoms with E-state index in [1.54, 1.807) is 12.1 Å². The standard InChI is InChI=1S/C23H25FN4O2/c24-16-6-8-17(9-7-16)28-15-18-10-11-19(28)14-26(18)12-3-13-27-22(29)20-4-1-2-5-21(20)25-23(27)30/h1-2,4-9,18-19H,3,10-15H2,(H,25,30). The van der Waals surface area contributed by atoms with Crippen LogP contribution in [0.25, 0.3) is 10.9 Å². The Hall–Kier alpha value is -2.93. The number of rotatable bonds is 5. The number of H-pyrrole nitrogens is 1. The third-order valence-electron chi connectivity index (χ3n) is 6.52. The van der Waals surface area contributed by atoms with E-state index >= 15 is 0 Å². The van der Waals surface area contributed by atoms with Crippen LogP contribution in [0.4, 0.5) is 10.1 Å². The van der Waals surface area contributed by atoms with E-state index in [1.807, 2.05) is 24.3 Å². The maximum atomic E-state index is 13.3. The molecular formula is C23H25FN4O2. The van der Waals surface area contributed by atoms with E-state index in [2.05, 4.69) is 14.8 Å². The van der Waals surface area contributed by atoms with E-state index in [0.29, 0.717) is 29.5 Å². The van der Waals surface area contributed by atoms with Crippen LogP contribution < -0.4 is 16.1 Å². The highest BCUT2D eigenvalue weighted by Crippen LogP contribution is 2.32. The summed E-state index contributed by atoms with van der Waals surface area (Å²) < 4.78 is 14.6. The molecule has 0 amide bonds. The lowest BCUT2D eigenvalue weighted by molar-refractivity contribution is 0.0935. The van der Waals surface area contributed by atoms with Crippen molar-refractivity contribution in [2.24, 2.45) is 0 Å². The monoisotopic (exact) mass is 408 g/mol. The lowest BCUT2D eigenvalue weighted by Gasteiger charge is -2.52. The summed E-state index contributed by atoms with van der Waals surface area (Å²) in [5.41, 5.74) is 1.09. The fourth-order valence-corrected chi connectivity index (χ4v) is 4.97. The Bertz CT molecular complexity index is 1170. The van der Waals surface area contributed by atoms with Crippen LogP contribution in [-0.2, 0) is 6.54 Å². The number of hydrogen-bond donors (Lipinski definition) is 1. The van der Waals surface area contributed by atoms with Gasteiger partial charge in [0.15, 0.2) is 0 Å². The van der Waals surface area contributed by atoms with Gasteiger partial charge in [-0.25, -0.2) is 9.18 Å². The van der Waals surface area contributed by atoms with E-state index in [-0.39, 0.29) is 17.1 Å². The molecule has 0 spiro atoms. The van der Waals surface area contributed by atoms with Crippen LogP contribution in [-0.4, -0.2) is 46.2 Å². The number of piperazine rings is 1. The van der Waals surface area contributed by atoms with Crippen molar-refractivity contribution in [1.29, 1.82) is 0 Å². The number of piperidine rings is 2. The number of nitrogens with zero attached hydrogens (tertiary/aromatic N) is 3. The second-order valence-electron chi connectivity index (χ2n) is 8.29. The summed E-state index contributed by atoms with van der Waals surface area (Å²) in [6, 6.07) is 14.8. The zero-order valence-electron chi connectivity index (χ0n) is 16.8. The van der Waals surface area contributed by atoms with Crippen molar-refractivity contribution in [2.45, 2.75) is 37.9 Å². The third-order valence-corrected chi connectivity index (χ3v) is 6.52. The first-order valence-corrected chi connectivity index (χ1v) is 10.6. The molecular weight excluding hydrogens is 383 g/mol. The summed E-state index contributed by atoms with van der Waals surface area (Å²) in [6.07, 6.45) is 3.04. The molecule has 3 aliphatic heterocycles. The molecule has 7 heteroatoms. The van der Waals surface area contributed by atoms with E-state index in [1.165, 1.54) is 16.7 Å².